The van der Waals surface area contributed by atoms with Crippen LogP contribution in [0.2, 0.25) is 0 Å². The van der Waals surface area contributed by atoms with Gasteiger partial charge in [-0.1, -0.05) is 24.6 Å². The molecule has 0 bridgehead atoms. The normalized spacial score (nSPS) is 16.2. The van der Waals surface area contributed by atoms with Gasteiger partial charge in [-0.15, -0.1) is 0 Å². The van der Waals surface area contributed by atoms with Crippen molar-refractivity contribution in [3.05, 3.63) is 29.8 Å². The van der Waals surface area contributed by atoms with Crippen LogP contribution >= 0.6 is 0 Å². The summed E-state index contributed by atoms with van der Waals surface area (Å²) < 4.78 is 28.7. The minimum absolute atomic E-state index is 0.268. The number of benzene rings is 1. The zero-order valence-electron chi connectivity index (χ0n) is 8.96. The third kappa shape index (κ3) is 2.92. The molecular weight excluding hydrogens is 212 g/mol. The van der Waals surface area contributed by atoms with Crippen molar-refractivity contribution in [1.82, 2.24) is 5.32 Å². The second-order valence-corrected chi connectivity index (χ2v) is 3.99. The molecule has 0 heterocycles. The van der Waals surface area contributed by atoms with Gasteiger partial charge in [0.05, 0.1) is 0 Å². The Labute approximate surface area is 93.6 Å². The van der Waals surface area contributed by atoms with E-state index in [0.29, 0.717) is 12.6 Å². The molecule has 1 aliphatic rings. The highest BCUT2D eigenvalue weighted by atomic mass is 19.3. The topological polar surface area (TPSA) is 21.3 Å². The summed E-state index contributed by atoms with van der Waals surface area (Å²) >= 11 is 0. The van der Waals surface area contributed by atoms with Crippen LogP contribution in [0.15, 0.2) is 24.3 Å². The molecule has 1 fully saturated rings. The first-order chi connectivity index (χ1) is 7.75. The summed E-state index contributed by atoms with van der Waals surface area (Å²) in [5.41, 5.74) is 0.787. The zero-order valence-corrected chi connectivity index (χ0v) is 8.96. The van der Waals surface area contributed by atoms with Gasteiger partial charge in [-0.3, -0.25) is 0 Å². The minimum Gasteiger partial charge on any atom is -0.434 e. The second-order valence-electron chi connectivity index (χ2n) is 3.99. The van der Waals surface area contributed by atoms with Crippen molar-refractivity contribution in [2.75, 3.05) is 0 Å². The quantitative estimate of drug-likeness (QED) is 0.835. The minimum atomic E-state index is -2.76. The Morgan fingerprint density at radius 2 is 2.06 bits per heavy atom. The van der Waals surface area contributed by atoms with Crippen LogP contribution < -0.4 is 10.1 Å². The van der Waals surface area contributed by atoms with Crippen molar-refractivity contribution >= 4 is 0 Å². The van der Waals surface area contributed by atoms with E-state index in [-0.39, 0.29) is 5.75 Å². The summed E-state index contributed by atoms with van der Waals surface area (Å²) in [6.45, 7) is -2.17. The molecule has 1 aromatic rings. The lowest BCUT2D eigenvalue weighted by atomic mass is 9.93. The van der Waals surface area contributed by atoms with Crippen LogP contribution in [0, 0.1) is 0 Å². The fourth-order valence-corrected chi connectivity index (χ4v) is 1.73. The summed E-state index contributed by atoms with van der Waals surface area (Å²) in [6.07, 6.45) is 3.61. The zero-order chi connectivity index (χ0) is 11.4. The Morgan fingerprint density at radius 3 is 2.69 bits per heavy atom. The maximum Gasteiger partial charge on any atom is 0.387 e. The molecule has 0 saturated heterocycles. The fourth-order valence-electron chi connectivity index (χ4n) is 1.73. The van der Waals surface area contributed by atoms with E-state index in [1.807, 2.05) is 12.1 Å². The van der Waals surface area contributed by atoms with Crippen molar-refractivity contribution in [1.29, 1.82) is 0 Å². The molecule has 1 N–H and O–H groups in total. The van der Waals surface area contributed by atoms with Crippen LogP contribution in [0.4, 0.5) is 8.78 Å². The first-order valence-electron chi connectivity index (χ1n) is 5.52. The Morgan fingerprint density at radius 1 is 1.31 bits per heavy atom. The lowest BCUT2D eigenvalue weighted by molar-refractivity contribution is -0.0505. The highest BCUT2D eigenvalue weighted by Gasteiger charge is 2.17. The summed E-state index contributed by atoms with van der Waals surface area (Å²) in [4.78, 5) is 0. The number of alkyl halides is 2. The average molecular weight is 227 g/mol. The number of para-hydroxylation sites is 1. The van der Waals surface area contributed by atoms with Gasteiger partial charge in [-0.05, 0) is 18.9 Å². The molecule has 1 saturated carbocycles. The predicted octanol–water partition coefficient (Wildman–Crippen LogP) is 2.93. The number of hydrogen-bond acceptors (Lipinski definition) is 2. The highest BCUT2D eigenvalue weighted by molar-refractivity contribution is 5.33. The second kappa shape index (κ2) is 5.25. The molecule has 0 unspecified atom stereocenters. The molecule has 0 spiro atoms. The average Bonchev–Trinajstić information content (AvgIpc) is 2.17. The molecule has 0 radical (unpaired) electrons. The lowest BCUT2D eigenvalue weighted by Crippen LogP contribution is -2.34. The molecule has 2 nitrogen and oxygen atoms in total. The van der Waals surface area contributed by atoms with Gasteiger partial charge >= 0.3 is 6.61 Å². The maximum absolute atomic E-state index is 12.1. The first kappa shape index (κ1) is 11.3. The van der Waals surface area contributed by atoms with E-state index in [4.69, 9.17) is 0 Å². The Bertz CT molecular complexity index is 340. The van der Waals surface area contributed by atoms with Crippen LogP contribution in [0.5, 0.6) is 5.75 Å². The number of rotatable bonds is 5. The van der Waals surface area contributed by atoms with Gasteiger partial charge in [0.2, 0.25) is 0 Å². The van der Waals surface area contributed by atoms with Gasteiger partial charge in [-0.25, -0.2) is 0 Å². The van der Waals surface area contributed by atoms with Crippen molar-refractivity contribution in [2.24, 2.45) is 0 Å². The Kier molecular flexibility index (Phi) is 3.72. The molecule has 16 heavy (non-hydrogen) atoms. The summed E-state index contributed by atoms with van der Waals surface area (Å²) in [6, 6.07) is 7.45. The molecule has 4 heteroatoms. The third-order valence-corrected chi connectivity index (χ3v) is 2.88. The van der Waals surface area contributed by atoms with Gasteiger partial charge in [0, 0.05) is 18.2 Å². The first-order valence-corrected chi connectivity index (χ1v) is 5.52. The molecule has 0 aliphatic heterocycles. The van der Waals surface area contributed by atoms with E-state index < -0.39 is 6.61 Å². The largest absolute Gasteiger partial charge is 0.434 e. The number of nitrogens with one attached hydrogen (secondary N) is 1. The van der Waals surface area contributed by atoms with Crippen molar-refractivity contribution in [3.8, 4) is 5.75 Å². The Hall–Kier alpha value is -1.16. The van der Waals surface area contributed by atoms with E-state index in [9.17, 15) is 8.78 Å². The lowest BCUT2D eigenvalue weighted by Gasteiger charge is -2.26. The molecule has 1 aromatic carbocycles. The molecule has 2 rings (SSSR count). The van der Waals surface area contributed by atoms with E-state index >= 15 is 0 Å². The highest BCUT2D eigenvalue weighted by Crippen LogP contribution is 2.22. The van der Waals surface area contributed by atoms with E-state index in [1.54, 1.807) is 12.1 Å². The third-order valence-electron chi connectivity index (χ3n) is 2.88. The van der Waals surface area contributed by atoms with Gasteiger partial charge < -0.3 is 10.1 Å². The molecular formula is C12H15F2NO. The standard InChI is InChI=1S/C12H15F2NO/c13-12(14)16-11-7-2-1-4-9(11)8-15-10-5-3-6-10/h1-2,4,7,10,12,15H,3,5-6,8H2. The van der Waals surface area contributed by atoms with E-state index in [1.165, 1.54) is 19.3 Å². The van der Waals surface area contributed by atoms with Gasteiger partial charge in [0.1, 0.15) is 5.75 Å². The van der Waals surface area contributed by atoms with Gasteiger partial charge in [0.25, 0.3) is 0 Å². The van der Waals surface area contributed by atoms with Crippen molar-refractivity contribution in [2.45, 2.75) is 38.5 Å². The molecule has 1 aliphatic carbocycles. The van der Waals surface area contributed by atoms with Crippen LogP contribution in [-0.4, -0.2) is 12.7 Å². The number of halogens is 2. The van der Waals surface area contributed by atoms with E-state index in [2.05, 4.69) is 10.1 Å². The van der Waals surface area contributed by atoms with Crippen molar-refractivity contribution < 1.29 is 13.5 Å². The maximum atomic E-state index is 12.1. The van der Waals surface area contributed by atoms with Gasteiger partial charge in [0.15, 0.2) is 0 Å². The van der Waals surface area contributed by atoms with Crippen molar-refractivity contribution in [3.63, 3.8) is 0 Å². The molecule has 0 atom stereocenters. The number of ether oxygens (including phenoxy) is 1. The van der Waals surface area contributed by atoms with Crippen LogP contribution in [0.3, 0.4) is 0 Å². The number of hydrogen-bond donors (Lipinski definition) is 1. The SMILES string of the molecule is FC(F)Oc1ccccc1CNC1CCC1. The van der Waals surface area contributed by atoms with Gasteiger partial charge in [-0.2, -0.15) is 8.78 Å². The fraction of sp³-hybridized carbons (Fsp3) is 0.500. The predicted molar refractivity (Wildman–Crippen MR) is 57.6 cm³/mol. The molecule has 0 aromatic heterocycles. The summed E-state index contributed by atoms with van der Waals surface area (Å²) in [5.74, 6) is 0.268. The van der Waals surface area contributed by atoms with Crippen LogP contribution in [0.1, 0.15) is 24.8 Å². The molecule has 88 valence electrons. The summed E-state index contributed by atoms with van der Waals surface area (Å²) in [7, 11) is 0. The van der Waals surface area contributed by atoms with E-state index in [0.717, 1.165) is 5.56 Å². The van der Waals surface area contributed by atoms with Crippen LogP contribution in [-0.2, 0) is 6.54 Å². The molecule has 0 amide bonds. The smallest absolute Gasteiger partial charge is 0.387 e. The van der Waals surface area contributed by atoms with Crippen LogP contribution in [0.25, 0.3) is 0 Å². The monoisotopic (exact) mass is 227 g/mol. The Balaban J connectivity index is 1.94. The summed E-state index contributed by atoms with van der Waals surface area (Å²) in [5, 5.41) is 3.32.